The van der Waals surface area contributed by atoms with Crippen LogP contribution in [-0.2, 0) is 0 Å². The van der Waals surface area contributed by atoms with Crippen LogP contribution in [0.25, 0.3) is 0 Å². The second-order valence-electron chi connectivity index (χ2n) is 4.39. The molecule has 92 valence electrons. The smallest absolute Gasteiger partial charge is 0.114 e. The van der Waals surface area contributed by atoms with E-state index >= 15 is 0 Å². The standard InChI is InChI=1S/C15H22N2/c1-2-3-4-5-7-12-15(13-16)17-14-10-8-6-9-11-14/h6,8-11,15,17H,2-5,7,12H2,1H3. The zero-order valence-electron chi connectivity index (χ0n) is 10.7. The van der Waals surface area contributed by atoms with E-state index in [1.807, 2.05) is 30.3 Å². The summed E-state index contributed by atoms with van der Waals surface area (Å²) in [5, 5.41) is 12.3. The first-order valence-corrected chi connectivity index (χ1v) is 6.58. The second-order valence-corrected chi connectivity index (χ2v) is 4.39. The molecule has 1 rings (SSSR count). The van der Waals surface area contributed by atoms with Crippen molar-refractivity contribution in [3.05, 3.63) is 30.3 Å². The summed E-state index contributed by atoms with van der Waals surface area (Å²) >= 11 is 0. The van der Waals surface area contributed by atoms with Gasteiger partial charge in [0, 0.05) is 5.69 Å². The second kappa shape index (κ2) is 8.64. The van der Waals surface area contributed by atoms with Gasteiger partial charge in [-0.05, 0) is 18.6 Å². The van der Waals surface area contributed by atoms with Gasteiger partial charge in [-0.3, -0.25) is 0 Å². The van der Waals surface area contributed by atoms with Gasteiger partial charge in [0.1, 0.15) is 6.04 Å². The first-order chi connectivity index (χ1) is 8.36. The highest BCUT2D eigenvalue weighted by Crippen LogP contribution is 2.12. The maximum absolute atomic E-state index is 9.08. The predicted octanol–water partition coefficient (Wildman–Crippen LogP) is 4.35. The van der Waals surface area contributed by atoms with E-state index in [2.05, 4.69) is 18.3 Å². The van der Waals surface area contributed by atoms with Crippen molar-refractivity contribution in [3.8, 4) is 6.07 Å². The van der Waals surface area contributed by atoms with Gasteiger partial charge in [0.05, 0.1) is 6.07 Å². The molecule has 0 fully saturated rings. The topological polar surface area (TPSA) is 35.8 Å². The average Bonchev–Trinajstić information content (AvgIpc) is 2.38. The van der Waals surface area contributed by atoms with Crippen LogP contribution in [0.5, 0.6) is 0 Å². The maximum Gasteiger partial charge on any atom is 0.114 e. The summed E-state index contributed by atoms with van der Waals surface area (Å²) < 4.78 is 0. The molecule has 0 saturated heterocycles. The number of nitriles is 1. The van der Waals surface area contributed by atoms with Crippen molar-refractivity contribution in [2.24, 2.45) is 0 Å². The fraction of sp³-hybridized carbons (Fsp3) is 0.533. The molecule has 0 heterocycles. The highest BCUT2D eigenvalue weighted by Gasteiger charge is 2.05. The Morgan fingerprint density at radius 3 is 2.47 bits per heavy atom. The minimum Gasteiger partial charge on any atom is -0.370 e. The first-order valence-electron chi connectivity index (χ1n) is 6.58. The van der Waals surface area contributed by atoms with Crippen LogP contribution < -0.4 is 5.32 Å². The number of unbranched alkanes of at least 4 members (excludes halogenated alkanes) is 4. The van der Waals surface area contributed by atoms with Crippen LogP contribution in [0.3, 0.4) is 0 Å². The fourth-order valence-corrected chi connectivity index (χ4v) is 1.86. The third-order valence-electron chi connectivity index (χ3n) is 2.87. The Morgan fingerprint density at radius 1 is 1.12 bits per heavy atom. The van der Waals surface area contributed by atoms with E-state index < -0.39 is 0 Å². The van der Waals surface area contributed by atoms with Gasteiger partial charge in [0.15, 0.2) is 0 Å². The number of nitrogens with zero attached hydrogens (tertiary/aromatic N) is 1. The van der Waals surface area contributed by atoms with Gasteiger partial charge in [-0.25, -0.2) is 0 Å². The average molecular weight is 230 g/mol. The number of rotatable bonds is 8. The lowest BCUT2D eigenvalue weighted by atomic mass is 10.1. The number of benzene rings is 1. The number of anilines is 1. The Morgan fingerprint density at radius 2 is 1.82 bits per heavy atom. The molecule has 0 radical (unpaired) electrons. The van der Waals surface area contributed by atoms with Crippen molar-refractivity contribution >= 4 is 5.69 Å². The van der Waals surface area contributed by atoms with Crippen LogP contribution in [0.4, 0.5) is 5.69 Å². The minimum atomic E-state index is -0.0565. The molecule has 0 spiro atoms. The van der Waals surface area contributed by atoms with E-state index in [1.165, 1.54) is 25.7 Å². The maximum atomic E-state index is 9.08. The molecule has 0 bridgehead atoms. The van der Waals surface area contributed by atoms with Crippen molar-refractivity contribution < 1.29 is 0 Å². The monoisotopic (exact) mass is 230 g/mol. The number of hydrogen-bond donors (Lipinski definition) is 1. The molecular weight excluding hydrogens is 208 g/mol. The fourth-order valence-electron chi connectivity index (χ4n) is 1.86. The molecule has 2 nitrogen and oxygen atoms in total. The summed E-state index contributed by atoms with van der Waals surface area (Å²) in [6.07, 6.45) is 7.18. The van der Waals surface area contributed by atoms with Gasteiger partial charge in [0.2, 0.25) is 0 Å². The summed E-state index contributed by atoms with van der Waals surface area (Å²) in [4.78, 5) is 0. The molecule has 0 aliphatic heterocycles. The van der Waals surface area contributed by atoms with E-state index in [1.54, 1.807) is 0 Å². The normalized spacial score (nSPS) is 11.8. The third kappa shape index (κ3) is 5.97. The van der Waals surface area contributed by atoms with Crippen molar-refractivity contribution in [1.82, 2.24) is 0 Å². The number of nitrogens with one attached hydrogen (secondary N) is 1. The van der Waals surface area contributed by atoms with Crippen LogP contribution >= 0.6 is 0 Å². The summed E-state index contributed by atoms with van der Waals surface area (Å²) in [5.41, 5.74) is 1.03. The van der Waals surface area contributed by atoms with Gasteiger partial charge >= 0.3 is 0 Å². The lowest BCUT2D eigenvalue weighted by molar-refractivity contribution is 0.597. The zero-order chi connectivity index (χ0) is 12.3. The van der Waals surface area contributed by atoms with Gasteiger partial charge in [-0.2, -0.15) is 5.26 Å². The molecule has 0 aliphatic rings. The molecule has 0 saturated carbocycles. The molecule has 0 aliphatic carbocycles. The first kappa shape index (κ1) is 13.6. The largest absolute Gasteiger partial charge is 0.370 e. The van der Waals surface area contributed by atoms with Crippen molar-refractivity contribution in [3.63, 3.8) is 0 Å². The molecule has 1 atom stereocenters. The van der Waals surface area contributed by atoms with E-state index in [0.29, 0.717) is 0 Å². The lowest BCUT2D eigenvalue weighted by Gasteiger charge is -2.12. The molecule has 0 amide bonds. The van der Waals surface area contributed by atoms with E-state index in [0.717, 1.165) is 18.5 Å². The van der Waals surface area contributed by atoms with Gasteiger partial charge < -0.3 is 5.32 Å². The highest BCUT2D eigenvalue weighted by molar-refractivity contribution is 5.44. The Labute approximate surface area is 105 Å². The molecule has 1 aromatic rings. The Balaban J connectivity index is 2.23. The molecule has 1 aromatic carbocycles. The Hall–Kier alpha value is -1.49. The number of para-hydroxylation sites is 1. The molecule has 1 N–H and O–H groups in total. The molecule has 0 aromatic heterocycles. The van der Waals surface area contributed by atoms with Crippen molar-refractivity contribution in [2.45, 2.75) is 51.5 Å². The molecular formula is C15H22N2. The SMILES string of the molecule is CCCCCCCC(C#N)Nc1ccccc1. The Bertz CT molecular complexity index is 327. The molecule has 1 unspecified atom stereocenters. The van der Waals surface area contributed by atoms with E-state index in [-0.39, 0.29) is 6.04 Å². The van der Waals surface area contributed by atoms with Gasteiger partial charge in [-0.1, -0.05) is 57.2 Å². The summed E-state index contributed by atoms with van der Waals surface area (Å²) in [6.45, 7) is 2.22. The Kier molecular flexibility index (Phi) is 6.90. The minimum absolute atomic E-state index is 0.0565. The van der Waals surface area contributed by atoms with Crippen molar-refractivity contribution in [2.75, 3.05) is 5.32 Å². The molecule has 2 heteroatoms. The summed E-state index contributed by atoms with van der Waals surface area (Å²) in [7, 11) is 0. The summed E-state index contributed by atoms with van der Waals surface area (Å²) in [5.74, 6) is 0. The highest BCUT2D eigenvalue weighted by atomic mass is 14.9. The lowest BCUT2D eigenvalue weighted by Crippen LogP contribution is -2.16. The van der Waals surface area contributed by atoms with Crippen LogP contribution in [0.15, 0.2) is 30.3 Å². The van der Waals surface area contributed by atoms with Gasteiger partial charge in [0.25, 0.3) is 0 Å². The van der Waals surface area contributed by atoms with Crippen LogP contribution in [0.1, 0.15) is 45.4 Å². The van der Waals surface area contributed by atoms with E-state index in [9.17, 15) is 0 Å². The predicted molar refractivity (Wildman–Crippen MR) is 72.8 cm³/mol. The van der Waals surface area contributed by atoms with E-state index in [4.69, 9.17) is 5.26 Å². The van der Waals surface area contributed by atoms with Crippen molar-refractivity contribution in [1.29, 1.82) is 5.26 Å². The summed E-state index contributed by atoms with van der Waals surface area (Å²) in [6, 6.07) is 12.2. The van der Waals surface area contributed by atoms with Crippen LogP contribution in [-0.4, -0.2) is 6.04 Å². The van der Waals surface area contributed by atoms with Gasteiger partial charge in [-0.15, -0.1) is 0 Å². The third-order valence-corrected chi connectivity index (χ3v) is 2.87. The van der Waals surface area contributed by atoms with Crippen LogP contribution in [0.2, 0.25) is 0 Å². The quantitative estimate of drug-likeness (QED) is 0.674. The van der Waals surface area contributed by atoms with Crippen LogP contribution in [0, 0.1) is 11.3 Å². The number of hydrogen-bond acceptors (Lipinski definition) is 2. The molecule has 17 heavy (non-hydrogen) atoms. The zero-order valence-corrected chi connectivity index (χ0v) is 10.7.